The molecule has 2 rings (SSSR count). The molecule has 9 heteroatoms. The van der Waals surface area contributed by atoms with Crippen molar-refractivity contribution in [1.29, 1.82) is 0 Å². The number of hydrazone groups is 1. The summed E-state index contributed by atoms with van der Waals surface area (Å²) in [6.45, 7) is 1.87. The standard InChI is InChI=1S/C11H10BrF3N2O2S/c1-2-7-6(12)5-8(20-7)9(18)17-10(19,3-4-16-17)11(13,14)15/h4-5,19H,2-3H2,1H3/t10-/m0/s1. The third-order valence-corrected chi connectivity index (χ3v) is 5.10. The Morgan fingerprint density at radius 3 is 2.80 bits per heavy atom. The van der Waals surface area contributed by atoms with Crippen LogP contribution in [0, 0.1) is 0 Å². The number of amides is 1. The maximum absolute atomic E-state index is 12.9. The molecule has 0 aromatic carbocycles. The fraction of sp³-hybridized carbons (Fsp3) is 0.455. The number of hydrogen-bond acceptors (Lipinski definition) is 4. The molecule has 0 spiro atoms. The van der Waals surface area contributed by atoms with E-state index in [9.17, 15) is 23.1 Å². The minimum absolute atomic E-state index is 0.0930. The molecule has 0 saturated heterocycles. The van der Waals surface area contributed by atoms with Crippen molar-refractivity contribution >= 4 is 39.4 Å². The molecule has 1 N–H and O–H groups in total. The van der Waals surface area contributed by atoms with Crippen molar-refractivity contribution in [2.45, 2.75) is 31.7 Å². The maximum atomic E-state index is 12.9. The third-order valence-electron chi connectivity index (χ3n) is 2.86. The van der Waals surface area contributed by atoms with Crippen molar-refractivity contribution in [3.63, 3.8) is 0 Å². The summed E-state index contributed by atoms with van der Waals surface area (Å²) in [4.78, 5) is 13.1. The largest absolute Gasteiger partial charge is 0.438 e. The van der Waals surface area contributed by atoms with Crippen LogP contribution >= 0.6 is 27.3 Å². The molecule has 110 valence electrons. The number of carbonyl (C=O) groups excluding carboxylic acids is 1. The first kappa shape index (κ1) is 15.5. The van der Waals surface area contributed by atoms with Gasteiger partial charge < -0.3 is 5.11 Å². The van der Waals surface area contributed by atoms with E-state index in [1.165, 1.54) is 6.07 Å². The van der Waals surface area contributed by atoms with Gasteiger partial charge in [0.05, 0.1) is 4.88 Å². The molecule has 0 aliphatic carbocycles. The summed E-state index contributed by atoms with van der Waals surface area (Å²) in [5, 5.41) is 13.2. The molecule has 1 aliphatic heterocycles. The molecular formula is C11H10BrF3N2O2S. The van der Waals surface area contributed by atoms with E-state index in [0.29, 0.717) is 10.9 Å². The summed E-state index contributed by atoms with van der Waals surface area (Å²) in [7, 11) is 0. The Morgan fingerprint density at radius 1 is 1.65 bits per heavy atom. The zero-order chi connectivity index (χ0) is 15.1. The summed E-state index contributed by atoms with van der Waals surface area (Å²) in [6.07, 6.45) is -4.21. The van der Waals surface area contributed by atoms with E-state index in [0.717, 1.165) is 22.4 Å². The van der Waals surface area contributed by atoms with Crippen LogP contribution in [-0.4, -0.2) is 34.1 Å². The van der Waals surface area contributed by atoms with Crippen LogP contribution in [0.1, 0.15) is 27.9 Å². The van der Waals surface area contributed by atoms with E-state index in [4.69, 9.17) is 0 Å². The van der Waals surface area contributed by atoms with Crippen molar-refractivity contribution in [3.05, 3.63) is 20.3 Å². The van der Waals surface area contributed by atoms with Gasteiger partial charge >= 0.3 is 6.18 Å². The summed E-state index contributed by atoms with van der Waals surface area (Å²) >= 11 is 4.31. The lowest BCUT2D eigenvalue weighted by Gasteiger charge is -2.32. The Hall–Kier alpha value is -0.930. The minimum atomic E-state index is -4.97. The van der Waals surface area contributed by atoms with Crippen LogP contribution in [0.4, 0.5) is 13.2 Å². The third kappa shape index (κ3) is 2.38. The minimum Gasteiger partial charge on any atom is -0.362 e. The van der Waals surface area contributed by atoms with E-state index in [2.05, 4.69) is 21.0 Å². The topological polar surface area (TPSA) is 52.9 Å². The Morgan fingerprint density at radius 2 is 2.30 bits per heavy atom. The quantitative estimate of drug-likeness (QED) is 0.869. The van der Waals surface area contributed by atoms with Crippen molar-refractivity contribution < 1.29 is 23.1 Å². The molecule has 1 aromatic heterocycles. The lowest BCUT2D eigenvalue weighted by molar-refractivity contribution is -0.297. The summed E-state index contributed by atoms with van der Waals surface area (Å²) in [5.41, 5.74) is -3.27. The molecule has 0 bridgehead atoms. The molecule has 0 saturated carbocycles. The molecule has 1 atom stereocenters. The van der Waals surface area contributed by atoms with Gasteiger partial charge in [-0.15, -0.1) is 11.3 Å². The number of aliphatic hydroxyl groups is 1. The number of alkyl halides is 3. The van der Waals surface area contributed by atoms with Crippen LogP contribution < -0.4 is 0 Å². The molecule has 1 amide bonds. The number of hydrogen-bond donors (Lipinski definition) is 1. The average Bonchev–Trinajstić information content (AvgIpc) is 2.92. The average molecular weight is 371 g/mol. The number of nitrogens with zero attached hydrogens (tertiary/aromatic N) is 2. The molecule has 0 fully saturated rings. The van der Waals surface area contributed by atoms with E-state index >= 15 is 0 Å². The van der Waals surface area contributed by atoms with Crippen LogP contribution in [0.5, 0.6) is 0 Å². The van der Waals surface area contributed by atoms with Crippen molar-refractivity contribution in [2.24, 2.45) is 5.10 Å². The first-order chi connectivity index (χ1) is 9.20. The van der Waals surface area contributed by atoms with E-state index in [1.54, 1.807) is 0 Å². The van der Waals surface area contributed by atoms with Crippen LogP contribution in [0.25, 0.3) is 0 Å². The predicted octanol–water partition coefficient (Wildman–Crippen LogP) is 3.16. The second-order valence-corrected chi connectivity index (χ2v) is 6.16. The number of rotatable bonds is 2. The molecular weight excluding hydrogens is 361 g/mol. The molecule has 1 aliphatic rings. The van der Waals surface area contributed by atoms with Crippen molar-refractivity contribution in [3.8, 4) is 0 Å². The fourth-order valence-corrected chi connectivity index (χ4v) is 3.57. The highest BCUT2D eigenvalue weighted by Gasteiger charge is 2.61. The Kier molecular flexibility index (Phi) is 3.96. The fourth-order valence-electron chi connectivity index (χ4n) is 1.75. The highest BCUT2D eigenvalue weighted by molar-refractivity contribution is 9.10. The van der Waals surface area contributed by atoms with Gasteiger partial charge in [-0.3, -0.25) is 4.79 Å². The lowest BCUT2D eigenvalue weighted by atomic mass is 10.1. The van der Waals surface area contributed by atoms with Crippen LogP contribution in [0.2, 0.25) is 0 Å². The van der Waals surface area contributed by atoms with Crippen LogP contribution in [-0.2, 0) is 6.42 Å². The first-order valence-electron chi connectivity index (χ1n) is 5.65. The Bertz CT molecular complexity index is 573. The number of aryl methyl sites for hydroxylation is 1. The van der Waals surface area contributed by atoms with Gasteiger partial charge in [-0.05, 0) is 28.4 Å². The summed E-state index contributed by atoms with van der Waals surface area (Å²) in [5.74, 6) is -0.969. The number of thiophene rings is 1. The molecule has 0 unspecified atom stereocenters. The zero-order valence-electron chi connectivity index (χ0n) is 10.2. The van der Waals surface area contributed by atoms with Gasteiger partial charge in [0.2, 0.25) is 0 Å². The van der Waals surface area contributed by atoms with Gasteiger partial charge in [0.15, 0.2) is 0 Å². The SMILES string of the molecule is CCc1sc(C(=O)N2N=CC[C@]2(O)C(F)(F)F)cc1Br. The van der Waals surface area contributed by atoms with Gasteiger partial charge in [-0.1, -0.05) is 6.92 Å². The van der Waals surface area contributed by atoms with Crippen molar-refractivity contribution in [1.82, 2.24) is 5.01 Å². The normalized spacial score (nSPS) is 22.6. The first-order valence-corrected chi connectivity index (χ1v) is 7.26. The zero-order valence-corrected chi connectivity index (χ0v) is 12.6. The lowest BCUT2D eigenvalue weighted by Crippen LogP contribution is -2.56. The van der Waals surface area contributed by atoms with Gasteiger partial charge in [0, 0.05) is 22.0 Å². The van der Waals surface area contributed by atoms with E-state index in [1.807, 2.05) is 6.92 Å². The van der Waals surface area contributed by atoms with E-state index < -0.39 is 24.2 Å². The monoisotopic (exact) mass is 370 g/mol. The van der Waals surface area contributed by atoms with Crippen LogP contribution in [0.15, 0.2) is 15.6 Å². The van der Waals surface area contributed by atoms with Gasteiger partial charge in [0.1, 0.15) is 0 Å². The second kappa shape index (κ2) is 5.12. The van der Waals surface area contributed by atoms with Crippen LogP contribution in [0.3, 0.4) is 0 Å². The van der Waals surface area contributed by atoms with Gasteiger partial charge in [0.25, 0.3) is 11.6 Å². The maximum Gasteiger partial charge on any atom is 0.438 e. The molecule has 1 aromatic rings. The van der Waals surface area contributed by atoms with Gasteiger partial charge in [-0.2, -0.15) is 23.3 Å². The predicted molar refractivity (Wildman–Crippen MR) is 71.7 cm³/mol. The Labute approximate surface area is 125 Å². The molecule has 4 nitrogen and oxygen atoms in total. The van der Waals surface area contributed by atoms with E-state index in [-0.39, 0.29) is 9.89 Å². The number of carbonyl (C=O) groups is 1. The molecule has 0 radical (unpaired) electrons. The summed E-state index contributed by atoms with van der Waals surface area (Å²) < 4.78 is 39.3. The summed E-state index contributed by atoms with van der Waals surface area (Å²) in [6, 6.07) is 1.44. The van der Waals surface area contributed by atoms with Gasteiger partial charge in [-0.25, -0.2) is 0 Å². The van der Waals surface area contributed by atoms with Crippen molar-refractivity contribution in [2.75, 3.05) is 0 Å². The highest BCUT2D eigenvalue weighted by atomic mass is 79.9. The second-order valence-electron chi connectivity index (χ2n) is 4.17. The molecule has 2 heterocycles. The molecule has 20 heavy (non-hydrogen) atoms. The number of halogens is 4. The highest BCUT2D eigenvalue weighted by Crippen LogP contribution is 2.40. The Balaban J connectivity index is 2.35. The smallest absolute Gasteiger partial charge is 0.362 e.